The molecule has 0 saturated carbocycles. The molecule has 0 bridgehead atoms. The number of esters is 1. The topological polar surface area (TPSA) is 52.3 Å². The largest absolute Gasteiger partial charge is 0.469 e. The lowest BCUT2D eigenvalue weighted by atomic mass is 10.1. The molecule has 23 heavy (non-hydrogen) atoms. The van der Waals surface area contributed by atoms with Gasteiger partial charge in [-0.3, -0.25) is 4.79 Å². The molecular formula is C16H16F3NO3. The van der Waals surface area contributed by atoms with Gasteiger partial charge in [0.2, 0.25) is 11.7 Å². The molecule has 7 heteroatoms. The second-order valence-electron chi connectivity index (χ2n) is 5.09. The van der Waals surface area contributed by atoms with E-state index in [9.17, 15) is 18.0 Å². The molecule has 0 spiro atoms. The highest BCUT2D eigenvalue weighted by atomic mass is 19.4. The zero-order valence-corrected chi connectivity index (χ0v) is 12.7. The van der Waals surface area contributed by atoms with Crippen molar-refractivity contribution in [2.75, 3.05) is 7.11 Å². The molecule has 0 N–H and O–H groups in total. The fourth-order valence-electron chi connectivity index (χ4n) is 2.06. The fourth-order valence-corrected chi connectivity index (χ4v) is 2.06. The van der Waals surface area contributed by atoms with Crippen LogP contribution in [-0.4, -0.2) is 18.1 Å². The van der Waals surface area contributed by atoms with E-state index < -0.39 is 17.9 Å². The zero-order chi connectivity index (χ0) is 17.0. The number of aromatic nitrogens is 1. The van der Waals surface area contributed by atoms with Gasteiger partial charge in [-0.2, -0.15) is 13.2 Å². The van der Waals surface area contributed by atoms with Crippen LogP contribution in [0, 0.1) is 6.92 Å². The van der Waals surface area contributed by atoms with Gasteiger partial charge >= 0.3 is 12.1 Å². The zero-order valence-electron chi connectivity index (χ0n) is 12.7. The SMILES string of the molecule is COC(=O)CCCc1nc(-c2ccc(C)cc2)oc1C(F)(F)F. The first-order valence-electron chi connectivity index (χ1n) is 7.02. The molecule has 1 aromatic carbocycles. The molecule has 0 aliphatic rings. The van der Waals surface area contributed by atoms with Crippen molar-refractivity contribution in [3.8, 4) is 11.5 Å². The maximum atomic E-state index is 13.1. The second-order valence-corrected chi connectivity index (χ2v) is 5.09. The van der Waals surface area contributed by atoms with Gasteiger partial charge in [0.05, 0.1) is 12.8 Å². The van der Waals surface area contributed by atoms with Crippen LogP contribution in [0.15, 0.2) is 28.7 Å². The minimum Gasteiger partial charge on any atom is -0.469 e. The summed E-state index contributed by atoms with van der Waals surface area (Å²) in [6.07, 6.45) is -4.41. The summed E-state index contributed by atoms with van der Waals surface area (Å²) < 4.78 is 48.6. The van der Waals surface area contributed by atoms with Gasteiger partial charge in [-0.15, -0.1) is 0 Å². The summed E-state index contributed by atoms with van der Waals surface area (Å²) in [5.41, 5.74) is 1.26. The highest BCUT2D eigenvalue weighted by Gasteiger charge is 2.39. The Bertz CT molecular complexity index is 675. The van der Waals surface area contributed by atoms with Crippen LogP contribution in [0.4, 0.5) is 13.2 Å². The highest BCUT2D eigenvalue weighted by Crippen LogP contribution is 2.35. The molecule has 1 aromatic heterocycles. The summed E-state index contributed by atoms with van der Waals surface area (Å²) in [6.45, 7) is 1.87. The first-order chi connectivity index (χ1) is 10.8. The van der Waals surface area contributed by atoms with Gasteiger partial charge in [0, 0.05) is 12.0 Å². The molecule has 2 aromatic rings. The number of methoxy groups -OCH3 is 1. The van der Waals surface area contributed by atoms with Crippen molar-refractivity contribution < 1.29 is 27.1 Å². The van der Waals surface area contributed by atoms with Crippen molar-refractivity contribution in [1.82, 2.24) is 4.98 Å². The van der Waals surface area contributed by atoms with E-state index in [0.29, 0.717) is 5.56 Å². The molecule has 0 unspecified atom stereocenters. The number of carbonyl (C=O) groups excluding carboxylic acids is 1. The molecule has 0 aliphatic heterocycles. The number of hydrogen-bond donors (Lipinski definition) is 0. The standard InChI is InChI=1S/C16H16F3NO3/c1-10-6-8-11(9-7-10)15-20-12(4-3-5-13(21)22-2)14(23-15)16(17,18)19/h6-9H,3-5H2,1-2H3. The van der Waals surface area contributed by atoms with E-state index in [2.05, 4.69) is 9.72 Å². The number of ether oxygens (including phenoxy) is 1. The van der Waals surface area contributed by atoms with Crippen LogP contribution < -0.4 is 0 Å². The van der Waals surface area contributed by atoms with Crippen LogP contribution in [-0.2, 0) is 22.1 Å². The maximum Gasteiger partial charge on any atom is 0.451 e. The summed E-state index contributed by atoms with van der Waals surface area (Å²) in [7, 11) is 1.23. The van der Waals surface area contributed by atoms with Crippen LogP contribution >= 0.6 is 0 Å². The Kier molecular flexibility index (Phi) is 5.08. The monoisotopic (exact) mass is 327 g/mol. The number of aryl methyl sites for hydroxylation is 2. The van der Waals surface area contributed by atoms with Crippen LogP contribution in [0.25, 0.3) is 11.5 Å². The Morgan fingerprint density at radius 1 is 1.26 bits per heavy atom. The van der Waals surface area contributed by atoms with Crippen molar-refractivity contribution in [1.29, 1.82) is 0 Å². The molecule has 0 atom stereocenters. The molecule has 124 valence electrons. The van der Waals surface area contributed by atoms with E-state index in [4.69, 9.17) is 4.42 Å². The minimum atomic E-state index is -4.63. The summed E-state index contributed by atoms with van der Waals surface area (Å²) in [5, 5.41) is 0. The third kappa shape index (κ3) is 4.34. The number of hydrogen-bond acceptors (Lipinski definition) is 4. The number of halogens is 3. The Labute approximate surface area is 131 Å². The normalized spacial score (nSPS) is 11.5. The van der Waals surface area contributed by atoms with Crippen molar-refractivity contribution in [3.05, 3.63) is 41.3 Å². The second kappa shape index (κ2) is 6.85. The highest BCUT2D eigenvalue weighted by molar-refractivity contribution is 5.69. The van der Waals surface area contributed by atoms with E-state index in [1.54, 1.807) is 24.3 Å². The molecule has 0 fully saturated rings. The molecule has 4 nitrogen and oxygen atoms in total. The van der Waals surface area contributed by atoms with Gasteiger partial charge in [-0.05, 0) is 31.9 Å². The summed E-state index contributed by atoms with van der Waals surface area (Å²) in [4.78, 5) is 15.0. The average molecular weight is 327 g/mol. The fraction of sp³-hybridized carbons (Fsp3) is 0.375. The summed E-state index contributed by atoms with van der Waals surface area (Å²) in [5.74, 6) is -1.66. The Hall–Kier alpha value is -2.31. The van der Waals surface area contributed by atoms with Crippen LogP contribution in [0.1, 0.15) is 29.9 Å². The lowest BCUT2D eigenvalue weighted by Crippen LogP contribution is -2.08. The first-order valence-corrected chi connectivity index (χ1v) is 7.02. The predicted molar refractivity (Wildman–Crippen MR) is 76.6 cm³/mol. The third-order valence-electron chi connectivity index (χ3n) is 3.28. The van der Waals surface area contributed by atoms with Gasteiger partial charge in [0.25, 0.3) is 0 Å². The first kappa shape index (κ1) is 17.1. The third-order valence-corrected chi connectivity index (χ3v) is 3.28. The van der Waals surface area contributed by atoms with Crippen molar-refractivity contribution >= 4 is 5.97 Å². The molecule has 0 aliphatic carbocycles. The Morgan fingerprint density at radius 2 is 1.91 bits per heavy atom. The quantitative estimate of drug-likeness (QED) is 0.774. The molecule has 0 saturated heterocycles. The molecule has 1 heterocycles. The number of alkyl halides is 3. The van der Waals surface area contributed by atoms with E-state index in [0.717, 1.165) is 5.56 Å². The number of benzene rings is 1. The Balaban J connectivity index is 2.25. The van der Waals surface area contributed by atoms with Crippen LogP contribution in [0.5, 0.6) is 0 Å². The molecule has 0 amide bonds. The lowest BCUT2D eigenvalue weighted by Gasteiger charge is -2.04. The van der Waals surface area contributed by atoms with Crippen molar-refractivity contribution in [2.24, 2.45) is 0 Å². The maximum absolute atomic E-state index is 13.1. The minimum absolute atomic E-state index is 0.0146. The van der Waals surface area contributed by atoms with E-state index >= 15 is 0 Å². The van der Waals surface area contributed by atoms with Gasteiger partial charge in [0.1, 0.15) is 0 Å². The van der Waals surface area contributed by atoms with Gasteiger partial charge in [-0.1, -0.05) is 17.7 Å². The van der Waals surface area contributed by atoms with Crippen molar-refractivity contribution in [2.45, 2.75) is 32.4 Å². The van der Waals surface area contributed by atoms with Gasteiger partial charge in [-0.25, -0.2) is 4.98 Å². The number of rotatable bonds is 5. The van der Waals surface area contributed by atoms with Crippen molar-refractivity contribution in [3.63, 3.8) is 0 Å². The van der Waals surface area contributed by atoms with E-state index in [1.165, 1.54) is 7.11 Å². The average Bonchev–Trinajstić information content (AvgIpc) is 2.92. The predicted octanol–water partition coefficient (Wildman–Crippen LogP) is 4.16. The van der Waals surface area contributed by atoms with Gasteiger partial charge < -0.3 is 9.15 Å². The van der Waals surface area contributed by atoms with Crippen LogP contribution in [0.2, 0.25) is 0 Å². The van der Waals surface area contributed by atoms with Gasteiger partial charge in [0.15, 0.2) is 0 Å². The Morgan fingerprint density at radius 3 is 2.48 bits per heavy atom. The summed E-state index contributed by atoms with van der Waals surface area (Å²) in [6, 6.07) is 6.84. The van der Waals surface area contributed by atoms with Crippen LogP contribution in [0.3, 0.4) is 0 Å². The number of carbonyl (C=O) groups is 1. The summed E-state index contributed by atoms with van der Waals surface area (Å²) >= 11 is 0. The lowest BCUT2D eigenvalue weighted by molar-refractivity contribution is -0.153. The molecular weight excluding hydrogens is 311 g/mol. The molecule has 2 rings (SSSR count). The smallest absolute Gasteiger partial charge is 0.451 e. The van der Waals surface area contributed by atoms with E-state index in [1.807, 2.05) is 6.92 Å². The molecule has 0 radical (unpaired) electrons. The van der Waals surface area contributed by atoms with E-state index in [-0.39, 0.29) is 30.8 Å². The number of oxazole rings is 1. The number of nitrogens with zero attached hydrogens (tertiary/aromatic N) is 1.